The zero-order chi connectivity index (χ0) is 12.3. The van der Waals surface area contributed by atoms with Crippen molar-refractivity contribution in [1.82, 2.24) is 9.97 Å². The van der Waals surface area contributed by atoms with Gasteiger partial charge in [-0.3, -0.25) is 0 Å². The molecule has 0 aromatic carbocycles. The van der Waals surface area contributed by atoms with E-state index in [0.717, 1.165) is 29.7 Å². The van der Waals surface area contributed by atoms with Crippen LogP contribution in [0.2, 0.25) is 0 Å². The number of aryl methyl sites for hydroxylation is 1. The number of anilines is 2. The molecule has 0 aliphatic heterocycles. The second-order valence-corrected chi connectivity index (χ2v) is 4.77. The number of hydrazine groups is 1. The van der Waals surface area contributed by atoms with E-state index in [9.17, 15) is 0 Å². The number of nitrogens with zero attached hydrogens (tertiary/aromatic N) is 2. The van der Waals surface area contributed by atoms with E-state index >= 15 is 0 Å². The van der Waals surface area contributed by atoms with Crippen molar-refractivity contribution in [1.29, 1.82) is 0 Å². The quantitative estimate of drug-likeness (QED) is 0.549. The lowest BCUT2D eigenvalue weighted by molar-refractivity contribution is 0.578. The van der Waals surface area contributed by atoms with Crippen LogP contribution in [0.15, 0.2) is 0 Å². The third-order valence-corrected chi connectivity index (χ3v) is 3.43. The summed E-state index contributed by atoms with van der Waals surface area (Å²) in [5.41, 5.74) is 3.60. The summed E-state index contributed by atoms with van der Waals surface area (Å²) in [6.07, 6.45) is 5.39. The lowest BCUT2D eigenvalue weighted by Gasteiger charge is -2.15. The van der Waals surface area contributed by atoms with Crippen molar-refractivity contribution in [2.75, 3.05) is 17.3 Å². The molecule has 0 bridgehead atoms. The van der Waals surface area contributed by atoms with E-state index < -0.39 is 0 Å². The molecule has 1 aromatic heterocycles. The second-order valence-electron chi connectivity index (χ2n) is 4.77. The first-order valence-electron chi connectivity index (χ1n) is 6.26. The third-order valence-electron chi connectivity index (χ3n) is 3.43. The van der Waals surface area contributed by atoms with Crippen LogP contribution in [0.25, 0.3) is 0 Å². The summed E-state index contributed by atoms with van der Waals surface area (Å²) < 4.78 is 0. The van der Waals surface area contributed by atoms with Gasteiger partial charge in [-0.1, -0.05) is 12.8 Å². The SMILES string of the molecule is Cc1nc(NN)c(C)c(NCC2CCCC2)n1. The highest BCUT2D eigenvalue weighted by Gasteiger charge is 2.16. The molecule has 1 aliphatic rings. The van der Waals surface area contributed by atoms with Crippen molar-refractivity contribution < 1.29 is 0 Å². The lowest BCUT2D eigenvalue weighted by Crippen LogP contribution is -2.16. The highest BCUT2D eigenvalue weighted by Crippen LogP contribution is 2.26. The Morgan fingerprint density at radius 2 is 1.82 bits per heavy atom. The van der Waals surface area contributed by atoms with E-state index in [1.807, 2.05) is 13.8 Å². The number of hydrogen-bond acceptors (Lipinski definition) is 5. The largest absolute Gasteiger partial charge is 0.369 e. The first-order chi connectivity index (χ1) is 8.20. The Morgan fingerprint density at radius 1 is 1.18 bits per heavy atom. The van der Waals surface area contributed by atoms with Gasteiger partial charge in [-0.05, 0) is 32.6 Å². The van der Waals surface area contributed by atoms with Gasteiger partial charge in [0.25, 0.3) is 0 Å². The van der Waals surface area contributed by atoms with Gasteiger partial charge in [-0.25, -0.2) is 15.8 Å². The monoisotopic (exact) mass is 235 g/mol. The Morgan fingerprint density at radius 3 is 2.47 bits per heavy atom. The van der Waals surface area contributed by atoms with Crippen molar-refractivity contribution in [3.63, 3.8) is 0 Å². The van der Waals surface area contributed by atoms with E-state index in [-0.39, 0.29) is 0 Å². The summed E-state index contributed by atoms with van der Waals surface area (Å²) in [7, 11) is 0. The van der Waals surface area contributed by atoms with Crippen LogP contribution in [-0.4, -0.2) is 16.5 Å². The van der Waals surface area contributed by atoms with Crippen LogP contribution in [0.4, 0.5) is 11.6 Å². The molecular formula is C12H21N5. The number of hydrogen-bond donors (Lipinski definition) is 3. The first-order valence-corrected chi connectivity index (χ1v) is 6.26. The van der Waals surface area contributed by atoms with Gasteiger partial charge in [0.2, 0.25) is 0 Å². The van der Waals surface area contributed by atoms with Crippen molar-refractivity contribution in [3.05, 3.63) is 11.4 Å². The Balaban J connectivity index is 2.06. The fourth-order valence-corrected chi connectivity index (χ4v) is 2.40. The zero-order valence-corrected chi connectivity index (χ0v) is 10.6. The van der Waals surface area contributed by atoms with Gasteiger partial charge in [0, 0.05) is 12.1 Å². The molecule has 0 radical (unpaired) electrons. The average Bonchev–Trinajstić information content (AvgIpc) is 2.82. The van der Waals surface area contributed by atoms with Gasteiger partial charge >= 0.3 is 0 Å². The standard InChI is InChI=1S/C12H21N5/c1-8-11(14-7-10-5-3-4-6-10)15-9(2)16-12(8)17-13/h10H,3-7,13H2,1-2H3,(H2,14,15,16,17). The molecule has 0 saturated heterocycles. The predicted molar refractivity (Wildman–Crippen MR) is 69.8 cm³/mol. The Labute approximate surface area is 102 Å². The minimum atomic E-state index is 0.700. The minimum Gasteiger partial charge on any atom is -0.369 e. The summed E-state index contributed by atoms with van der Waals surface area (Å²) in [4.78, 5) is 8.67. The molecule has 1 aliphatic carbocycles. The zero-order valence-electron chi connectivity index (χ0n) is 10.6. The van der Waals surface area contributed by atoms with Gasteiger partial charge in [0.05, 0.1) is 0 Å². The van der Waals surface area contributed by atoms with Gasteiger partial charge in [0.1, 0.15) is 17.5 Å². The maximum Gasteiger partial charge on any atom is 0.148 e. The second kappa shape index (κ2) is 5.31. The molecule has 17 heavy (non-hydrogen) atoms. The van der Waals surface area contributed by atoms with E-state index in [1.54, 1.807) is 0 Å². The van der Waals surface area contributed by atoms with Crippen molar-refractivity contribution in [2.24, 2.45) is 11.8 Å². The maximum absolute atomic E-state index is 5.44. The third kappa shape index (κ3) is 2.85. The van der Waals surface area contributed by atoms with Crippen LogP contribution in [-0.2, 0) is 0 Å². The van der Waals surface area contributed by atoms with E-state index in [4.69, 9.17) is 5.84 Å². The van der Waals surface area contributed by atoms with E-state index in [2.05, 4.69) is 20.7 Å². The molecule has 5 heteroatoms. The van der Waals surface area contributed by atoms with Crippen molar-refractivity contribution in [3.8, 4) is 0 Å². The average molecular weight is 235 g/mol. The van der Waals surface area contributed by atoms with Crippen molar-refractivity contribution in [2.45, 2.75) is 39.5 Å². The number of nitrogens with one attached hydrogen (secondary N) is 2. The van der Waals surface area contributed by atoms with Crippen LogP contribution in [0.1, 0.15) is 37.1 Å². The first kappa shape index (κ1) is 12.1. The number of rotatable bonds is 4. The Bertz CT molecular complexity index is 385. The van der Waals surface area contributed by atoms with E-state index in [0.29, 0.717) is 5.82 Å². The molecule has 0 spiro atoms. The van der Waals surface area contributed by atoms with Crippen LogP contribution in [0.3, 0.4) is 0 Å². The molecule has 4 N–H and O–H groups in total. The van der Waals surface area contributed by atoms with Crippen LogP contribution in [0.5, 0.6) is 0 Å². The number of nitrogen functional groups attached to an aromatic ring is 1. The van der Waals surface area contributed by atoms with E-state index in [1.165, 1.54) is 25.7 Å². The minimum absolute atomic E-state index is 0.700. The molecule has 1 aromatic rings. The molecule has 94 valence electrons. The molecule has 0 unspecified atom stereocenters. The van der Waals surface area contributed by atoms with Crippen LogP contribution in [0, 0.1) is 19.8 Å². The van der Waals surface area contributed by atoms with Gasteiger partial charge in [0.15, 0.2) is 0 Å². The molecule has 5 nitrogen and oxygen atoms in total. The molecular weight excluding hydrogens is 214 g/mol. The highest BCUT2D eigenvalue weighted by atomic mass is 15.3. The smallest absolute Gasteiger partial charge is 0.148 e. The van der Waals surface area contributed by atoms with Crippen LogP contribution >= 0.6 is 0 Å². The summed E-state index contributed by atoms with van der Waals surface area (Å²) in [6.45, 7) is 4.86. The fraction of sp³-hybridized carbons (Fsp3) is 0.667. The van der Waals surface area contributed by atoms with Crippen LogP contribution < -0.4 is 16.6 Å². The van der Waals surface area contributed by atoms with Gasteiger partial charge < -0.3 is 10.7 Å². The highest BCUT2D eigenvalue weighted by molar-refractivity contribution is 5.56. The molecule has 2 rings (SSSR count). The molecule has 1 fully saturated rings. The Hall–Kier alpha value is -1.36. The summed E-state index contributed by atoms with van der Waals surface area (Å²) in [5, 5.41) is 3.42. The fourth-order valence-electron chi connectivity index (χ4n) is 2.40. The Kier molecular flexibility index (Phi) is 3.78. The normalized spacial score (nSPS) is 16.2. The van der Waals surface area contributed by atoms with Crippen molar-refractivity contribution >= 4 is 11.6 Å². The lowest BCUT2D eigenvalue weighted by atomic mass is 10.1. The summed E-state index contributed by atoms with van der Waals surface area (Å²) in [5.74, 6) is 8.56. The maximum atomic E-state index is 5.44. The summed E-state index contributed by atoms with van der Waals surface area (Å²) in [6, 6.07) is 0. The molecule has 0 amide bonds. The van der Waals surface area contributed by atoms with Gasteiger partial charge in [-0.15, -0.1) is 0 Å². The number of aromatic nitrogens is 2. The molecule has 0 atom stereocenters. The van der Waals surface area contributed by atoms with Gasteiger partial charge in [-0.2, -0.15) is 0 Å². The number of nitrogens with two attached hydrogens (primary N) is 1. The summed E-state index contributed by atoms with van der Waals surface area (Å²) >= 11 is 0. The predicted octanol–water partition coefficient (Wildman–Crippen LogP) is 1.98. The molecule has 1 saturated carbocycles. The molecule has 1 heterocycles. The topological polar surface area (TPSA) is 75.9 Å².